The molecule has 0 saturated carbocycles. The number of likely N-dealkylation sites (N-methyl/N-ethyl adjacent to an activating group) is 1. The normalized spacial score (nSPS) is 13.8. The van der Waals surface area contributed by atoms with Crippen molar-refractivity contribution in [1.82, 2.24) is 33.9 Å². The lowest BCUT2D eigenvalue weighted by Crippen LogP contribution is -2.31. The molecule has 0 unspecified atom stereocenters. The number of carbonyl (C=O) groups is 2. The lowest BCUT2D eigenvalue weighted by Gasteiger charge is -2.12. The SMILES string of the molecule is Cc1c(C)n(CCN(C)C)c2ncn3nc(CCN4C(=O)c5ccccc5C4=O)nc3c12. The van der Waals surface area contributed by atoms with Crippen molar-refractivity contribution in [1.29, 1.82) is 0 Å². The van der Waals surface area contributed by atoms with Gasteiger partial charge in [0.2, 0.25) is 0 Å². The van der Waals surface area contributed by atoms with Gasteiger partial charge in [-0.3, -0.25) is 14.5 Å². The lowest BCUT2D eigenvalue weighted by molar-refractivity contribution is 0.0655. The minimum atomic E-state index is -0.261. The molecule has 1 aliphatic heterocycles. The van der Waals surface area contributed by atoms with Crippen molar-refractivity contribution < 1.29 is 9.59 Å². The standard InChI is InChI=1S/C23H25N7O2/c1-14-15(2)28(12-11-27(3)4)20-19(14)21-25-18(26-30(21)13-24-20)9-10-29-22(31)16-7-5-6-8-17(16)23(29)32/h5-8,13H,9-12H2,1-4H3. The second-order valence-electron chi connectivity index (χ2n) is 8.46. The van der Waals surface area contributed by atoms with Crippen LogP contribution < -0.4 is 0 Å². The van der Waals surface area contributed by atoms with Gasteiger partial charge in [-0.25, -0.2) is 14.5 Å². The minimum Gasteiger partial charge on any atom is -0.328 e. The Hall–Kier alpha value is -3.59. The van der Waals surface area contributed by atoms with Crippen molar-refractivity contribution >= 4 is 28.5 Å². The fourth-order valence-electron chi connectivity index (χ4n) is 4.31. The molecule has 3 aromatic heterocycles. The highest BCUT2D eigenvalue weighted by Gasteiger charge is 2.34. The minimum absolute atomic E-state index is 0.238. The van der Waals surface area contributed by atoms with E-state index in [0.29, 0.717) is 23.4 Å². The van der Waals surface area contributed by atoms with Crippen molar-refractivity contribution in [3.8, 4) is 0 Å². The summed E-state index contributed by atoms with van der Waals surface area (Å²) in [5.74, 6) is 0.0552. The van der Waals surface area contributed by atoms with Crippen molar-refractivity contribution in [3.63, 3.8) is 0 Å². The predicted octanol–water partition coefficient (Wildman–Crippen LogP) is 2.10. The molecule has 32 heavy (non-hydrogen) atoms. The Bertz CT molecular complexity index is 1350. The molecule has 9 nitrogen and oxygen atoms in total. The molecule has 0 spiro atoms. The molecule has 4 heterocycles. The maximum Gasteiger partial charge on any atom is 0.261 e. The van der Waals surface area contributed by atoms with Gasteiger partial charge in [0.05, 0.1) is 16.5 Å². The average Bonchev–Trinajstić information content (AvgIpc) is 3.38. The summed E-state index contributed by atoms with van der Waals surface area (Å²) >= 11 is 0. The number of imide groups is 1. The first-order valence-corrected chi connectivity index (χ1v) is 10.7. The van der Waals surface area contributed by atoms with Gasteiger partial charge >= 0.3 is 0 Å². The van der Waals surface area contributed by atoms with Gasteiger partial charge in [-0.15, -0.1) is 5.10 Å². The van der Waals surface area contributed by atoms with Crippen molar-refractivity contribution in [2.45, 2.75) is 26.8 Å². The molecule has 2 amide bonds. The van der Waals surface area contributed by atoms with Gasteiger partial charge in [0.15, 0.2) is 11.5 Å². The fourth-order valence-corrected chi connectivity index (χ4v) is 4.31. The van der Waals surface area contributed by atoms with Crippen LogP contribution in [0.15, 0.2) is 30.6 Å². The van der Waals surface area contributed by atoms with E-state index in [1.54, 1.807) is 35.1 Å². The molecular formula is C23H25N7O2. The maximum atomic E-state index is 12.6. The van der Waals surface area contributed by atoms with Gasteiger partial charge in [-0.2, -0.15) is 0 Å². The third kappa shape index (κ3) is 3.08. The first kappa shape index (κ1) is 20.3. The summed E-state index contributed by atoms with van der Waals surface area (Å²) < 4.78 is 3.90. The highest BCUT2D eigenvalue weighted by Crippen LogP contribution is 2.27. The van der Waals surface area contributed by atoms with E-state index in [9.17, 15) is 9.59 Å². The van der Waals surface area contributed by atoms with Crippen molar-refractivity contribution in [3.05, 3.63) is 58.8 Å². The predicted molar refractivity (Wildman–Crippen MR) is 120 cm³/mol. The van der Waals surface area contributed by atoms with Gasteiger partial charge < -0.3 is 9.47 Å². The zero-order valence-corrected chi connectivity index (χ0v) is 18.7. The van der Waals surface area contributed by atoms with E-state index in [2.05, 4.69) is 47.5 Å². The maximum absolute atomic E-state index is 12.6. The number of benzene rings is 1. The number of nitrogens with zero attached hydrogens (tertiary/aromatic N) is 7. The third-order valence-electron chi connectivity index (χ3n) is 6.20. The molecule has 5 rings (SSSR count). The molecule has 0 radical (unpaired) electrons. The van der Waals surface area contributed by atoms with E-state index < -0.39 is 0 Å². The molecule has 0 atom stereocenters. The van der Waals surface area contributed by atoms with E-state index in [4.69, 9.17) is 4.98 Å². The summed E-state index contributed by atoms with van der Waals surface area (Å²) in [5.41, 5.74) is 4.85. The van der Waals surface area contributed by atoms with Crippen LogP contribution in [0.4, 0.5) is 0 Å². The Morgan fingerprint density at radius 2 is 1.66 bits per heavy atom. The summed E-state index contributed by atoms with van der Waals surface area (Å²) in [6, 6.07) is 6.91. The number of rotatable bonds is 6. The zero-order valence-electron chi connectivity index (χ0n) is 18.7. The molecule has 1 aliphatic rings. The summed E-state index contributed by atoms with van der Waals surface area (Å²) in [6.45, 7) is 6.17. The third-order valence-corrected chi connectivity index (χ3v) is 6.20. The molecule has 164 valence electrons. The molecule has 0 N–H and O–H groups in total. The number of aryl methyl sites for hydroxylation is 1. The van der Waals surface area contributed by atoms with Crippen LogP contribution in [0.5, 0.6) is 0 Å². The molecule has 0 aliphatic carbocycles. The number of carbonyl (C=O) groups excluding carboxylic acids is 2. The van der Waals surface area contributed by atoms with E-state index >= 15 is 0 Å². The van der Waals surface area contributed by atoms with E-state index in [1.165, 1.54) is 4.90 Å². The van der Waals surface area contributed by atoms with Crippen LogP contribution in [-0.4, -0.2) is 72.9 Å². The number of amides is 2. The molecule has 4 aromatic rings. The summed E-state index contributed by atoms with van der Waals surface area (Å²) in [4.78, 5) is 38.1. The second kappa shape index (κ2) is 7.52. The Labute approximate surface area is 185 Å². The number of aromatic nitrogens is 5. The molecular weight excluding hydrogens is 406 g/mol. The molecule has 0 fully saturated rings. The molecule has 9 heteroatoms. The van der Waals surface area contributed by atoms with Gasteiger partial charge in [0, 0.05) is 31.7 Å². The number of hydrogen-bond acceptors (Lipinski definition) is 6. The lowest BCUT2D eigenvalue weighted by atomic mass is 10.1. The van der Waals surface area contributed by atoms with Crippen LogP contribution in [0.25, 0.3) is 16.7 Å². The van der Waals surface area contributed by atoms with Crippen molar-refractivity contribution in [2.24, 2.45) is 0 Å². The first-order chi connectivity index (χ1) is 15.4. The summed E-state index contributed by atoms with van der Waals surface area (Å²) in [6.07, 6.45) is 2.06. The Balaban J connectivity index is 1.44. The molecule has 0 bridgehead atoms. The molecule has 0 saturated heterocycles. The Morgan fingerprint density at radius 3 is 2.31 bits per heavy atom. The second-order valence-corrected chi connectivity index (χ2v) is 8.46. The van der Waals surface area contributed by atoms with Gasteiger partial charge in [-0.05, 0) is 45.6 Å². The van der Waals surface area contributed by atoms with Crippen LogP contribution >= 0.6 is 0 Å². The van der Waals surface area contributed by atoms with E-state index in [1.807, 2.05) is 0 Å². The highest BCUT2D eigenvalue weighted by molar-refractivity contribution is 6.21. The van der Waals surface area contributed by atoms with Crippen LogP contribution in [-0.2, 0) is 13.0 Å². The Morgan fingerprint density at radius 1 is 0.969 bits per heavy atom. The monoisotopic (exact) mass is 431 g/mol. The van der Waals surface area contributed by atoms with Crippen LogP contribution in [0.3, 0.4) is 0 Å². The number of fused-ring (bicyclic) bond motifs is 4. The smallest absolute Gasteiger partial charge is 0.261 e. The first-order valence-electron chi connectivity index (χ1n) is 10.7. The summed E-state index contributed by atoms with van der Waals surface area (Å²) in [5, 5.41) is 5.54. The van der Waals surface area contributed by atoms with Gasteiger partial charge in [0.1, 0.15) is 12.0 Å². The average molecular weight is 432 g/mol. The quantitative estimate of drug-likeness (QED) is 0.435. The van der Waals surface area contributed by atoms with Crippen LogP contribution in [0.1, 0.15) is 37.8 Å². The van der Waals surface area contributed by atoms with E-state index in [0.717, 1.165) is 41.0 Å². The van der Waals surface area contributed by atoms with E-state index in [-0.39, 0.29) is 18.4 Å². The van der Waals surface area contributed by atoms with Crippen LogP contribution in [0, 0.1) is 13.8 Å². The highest BCUT2D eigenvalue weighted by atomic mass is 16.2. The fraction of sp³-hybridized carbons (Fsp3) is 0.348. The molecule has 1 aromatic carbocycles. The van der Waals surface area contributed by atoms with Crippen molar-refractivity contribution in [2.75, 3.05) is 27.2 Å². The van der Waals surface area contributed by atoms with Crippen LogP contribution in [0.2, 0.25) is 0 Å². The zero-order chi connectivity index (χ0) is 22.6. The van der Waals surface area contributed by atoms with Gasteiger partial charge in [0.25, 0.3) is 11.8 Å². The summed E-state index contributed by atoms with van der Waals surface area (Å²) in [7, 11) is 4.11. The number of hydrogen-bond donors (Lipinski definition) is 0. The Kier molecular flexibility index (Phi) is 4.78. The topological polar surface area (TPSA) is 88.6 Å². The largest absolute Gasteiger partial charge is 0.328 e. The van der Waals surface area contributed by atoms with Gasteiger partial charge in [-0.1, -0.05) is 12.1 Å².